The molecule has 16 heavy (non-hydrogen) atoms. The van der Waals surface area contributed by atoms with Gasteiger partial charge in [0.1, 0.15) is 5.60 Å². The first kappa shape index (κ1) is 15.2. The van der Waals surface area contributed by atoms with Crippen LogP contribution < -0.4 is 5.32 Å². The number of carbonyl (C=O) groups excluding carboxylic acids is 1. The Bertz CT molecular complexity index is 221. The number of esters is 1. The third-order valence-electron chi connectivity index (χ3n) is 1.51. The summed E-state index contributed by atoms with van der Waals surface area (Å²) in [6, 6.07) is 0. The lowest BCUT2D eigenvalue weighted by molar-refractivity contribution is -0.154. The number of carbonyl (C=O) groups is 1. The van der Waals surface area contributed by atoms with Gasteiger partial charge in [-0.2, -0.15) is 13.2 Å². The highest BCUT2D eigenvalue weighted by atomic mass is 19.4. The molecule has 0 bridgehead atoms. The SMILES string of the molecule is CC(C)(C)OC(=O)CCNCCC(F)(F)F. The van der Waals surface area contributed by atoms with Crippen molar-refractivity contribution >= 4 is 5.97 Å². The predicted molar refractivity (Wildman–Crippen MR) is 54.0 cm³/mol. The topological polar surface area (TPSA) is 38.3 Å². The first-order valence-corrected chi connectivity index (χ1v) is 5.09. The number of halogens is 3. The maximum Gasteiger partial charge on any atom is 0.390 e. The normalized spacial score (nSPS) is 12.6. The second kappa shape index (κ2) is 6.08. The van der Waals surface area contributed by atoms with Gasteiger partial charge in [-0.25, -0.2) is 0 Å². The van der Waals surface area contributed by atoms with Crippen molar-refractivity contribution in [2.75, 3.05) is 13.1 Å². The first-order chi connectivity index (χ1) is 7.10. The molecule has 1 N–H and O–H groups in total. The Kier molecular flexibility index (Phi) is 5.78. The van der Waals surface area contributed by atoms with Crippen molar-refractivity contribution in [1.82, 2.24) is 5.32 Å². The van der Waals surface area contributed by atoms with Crippen LogP contribution in [0.15, 0.2) is 0 Å². The van der Waals surface area contributed by atoms with Crippen LogP contribution in [-0.2, 0) is 9.53 Å². The van der Waals surface area contributed by atoms with E-state index < -0.39 is 24.2 Å². The molecule has 0 spiro atoms. The molecule has 0 atom stereocenters. The maximum atomic E-state index is 11.7. The smallest absolute Gasteiger partial charge is 0.390 e. The first-order valence-electron chi connectivity index (χ1n) is 5.09. The summed E-state index contributed by atoms with van der Waals surface area (Å²) in [5.74, 6) is -0.410. The van der Waals surface area contributed by atoms with E-state index in [1.54, 1.807) is 20.8 Å². The molecule has 0 heterocycles. The summed E-state index contributed by atoms with van der Waals surface area (Å²) in [4.78, 5) is 11.1. The van der Waals surface area contributed by atoms with E-state index in [0.717, 1.165) is 0 Å². The summed E-state index contributed by atoms with van der Waals surface area (Å²) in [5.41, 5.74) is -0.553. The summed E-state index contributed by atoms with van der Waals surface area (Å²) in [7, 11) is 0. The van der Waals surface area contributed by atoms with E-state index in [1.807, 2.05) is 0 Å². The molecule has 0 fully saturated rings. The molecule has 0 aromatic carbocycles. The number of ether oxygens (including phenoxy) is 1. The molecule has 0 unspecified atom stereocenters. The van der Waals surface area contributed by atoms with Gasteiger partial charge < -0.3 is 10.1 Å². The van der Waals surface area contributed by atoms with Crippen LogP contribution in [0.1, 0.15) is 33.6 Å². The Morgan fingerprint density at radius 2 is 1.75 bits per heavy atom. The molecule has 0 amide bonds. The van der Waals surface area contributed by atoms with E-state index in [9.17, 15) is 18.0 Å². The van der Waals surface area contributed by atoms with E-state index in [-0.39, 0.29) is 19.5 Å². The zero-order chi connectivity index (χ0) is 12.8. The minimum atomic E-state index is -4.15. The number of alkyl halides is 3. The van der Waals surface area contributed by atoms with Gasteiger partial charge >= 0.3 is 12.1 Å². The average Bonchev–Trinajstić information content (AvgIpc) is 1.97. The number of hydrogen-bond acceptors (Lipinski definition) is 3. The fourth-order valence-electron chi connectivity index (χ4n) is 0.938. The molecule has 0 saturated heterocycles. The van der Waals surface area contributed by atoms with Gasteiger partial charge in [0.25, 0.3) is 0 Å². The summed E-state index contributed by atoms with van der Waals surface area (Å²) in [5, 5.41) is 2.54. The van der Waals surface area contributed by atoms with Gasteiger partial charge in [-0.3, -0.25) is 4.79 Å². The van der Waals surface area contributed by atoms with Gasteiger partial charge in [0.2, 0.25) is 0 Å². The molecule has 0 aliphatic rings. The van der Waals surface area contributed by atoms with Crippen LogP contribution in [0.25, 0.3) is 0 Å². The van der Waals surface area contributed by atoms with Crippen molar-refractivity contribution < 1.29 is 22.7 Å². The fraction of sp³-hybridized carbons (Fsp3) is 0.900. The molecule has 0 radical (unpaired) electrons. The molecule has 0 aliphatic carbocycles. The standard InChI is InChI=1S/C10H18F3NO2/c1-9(2,3)16-8(15)4-6-14-7-5-10(11,12)13/h14H,4-7H2,1-3H3. The Morgan fingerprint density at radius 1 is 1.19 bits per heavy atom. The molecule has 0 rings (SSSR count). The second-order valence-electron chi connectivity index (χ2n) is 4.45. The lowest BCUT2D eigenvalue weighted by Crippen LogP contribution is -2.28. The molecule has 3 nitrogen and oxygen atoms in total. The second-order valence-corrected chi connectivity index (χ2v) is 4.45. The van der Waals surface area contributed by atoms with Gasteiger partial charge in [0.05, 0.1) is 12.8 Å². The molecule has 0 saturated carbocycles. The molecular weight excluding hydrogens is 223 g/mol. The Hall–Kier alpha value is -0.780. The Balaban J connectivity index is 3.50. The quantitative estimate of drug-likeness (QED) is 0.592. The van der Waals surface area contributed by atoms with Gasteiger partial charge in [-0.05, 0) is 20.8 Å². The number of nitrogens with one attached hydrogen (secondary N) is 1. The average molecular weight is 241 g/mol. The Labute approximate surface area is 93.3 Å². The third-order valence-corrected chi connectivity index (χ3v) is 1.51. The van der Waals surface area contributed by atoms with Gasteiger partial charge in [-0.1, -0.05) is 0 Å². The Morgan fingerprint density at radius 3 is 2.19 bits per heavy atom. The molecule has 0 aromatic heterocycles. The van der Waals surface area contributed by atoms with E-state index in [2.05, 4.69) is 5.32 Å². The summed E-state index contributed by atoms with van der Waals surface area (Å²) in [6.07, 6.45) is -4.96. The minimum absolute atomic E-state index is 0.0785. The number of rotatable bonds is 5. The highest BCUT2D eigenvalue weighted by Crippen LogP contribution is 2.18. The third kappa shape index (κ3) is 11.3. The van der Waals surface area contributed by atoms with Crippen molar-refractivity contribution in [2.45, 2.75) is 45.4 Å². The van der Waals surface area contributed by atoms with Gasteiger partial charge in [-0.15, -0.1) is 0 Å². The van der Waals surface area contributed by atoms with Crippen LogP contribution >= 0.6 is 0 Å². The summed E-state index contributed by atoms with van der Waals surface area (Å²) in [6.45, 7) is 5.24. The van der Waals surface area contributed by atoms with E-state index >= 15 is 0 Å². The van der Waals surface area contributed by atoms with Crippen molar-refractivity contribution in [3.05, 3.63) is 0 Å². The van der Waals surface area contributed by atoms with E-state index in [0.29, 0.717) is 0 Å². The molecule has 0 aliphatic heterocycles. The molecule has 0 aromatic rings. The molecule has 6 heteroatoms. The van der Waals surface area contributed by atoms with E-state index in [1.165, 1.54) is 0 Å². The van der Waals surface area contributed by atoms with Gasteiger partial charge in [0, 0.05) is 13.1 Å². The van der Waals surface area contributed by atoms with Crippen LogP contribution in [0.4, 0.5) is 13.2 Å². The summed E-state index contributed by atoms with van der Waals surface area (Å²) >= 11 is 0. The monoisotopic (exact) mass is 241 g/mol. The van der Waals surface area contributed by atoms with Crippen molar-refractivity contribution in [3.8, 4) is 0 Å². The van der Waals surface area contributed by atoms with Crippen LogP contribution in [-0.4, -0.2) is 30.8 Å². The highest BCUT2D eigenvalue weighted by Gasteiger charge is 2.25. The lowest BCUT2D eigenvalue weighted by atomic mass is 10.2. The highest BCUT2D eigenvalue weighted by molar-refractivity contribution is 5.70. The zero-order valence-electron chi connectivity index (χ0n) is 9.78. The number of hydrogen-bond donors (Lipinski definition) is 1. The zero-order valence-corrected chi connectivity index (χ0v) is 9.78. The van der Waals surface area contributed by atoms with E-state index in [4.69, 9.17) is 4.74 Å². The molecular formula is C10H18F3NO2. The van der Waals surface area contributed by atoms with Crippen molar-refractivity contribution in [1.29, 1.82) is 0 Å². The minimum Gasteiger partial charge on any atom is -0.460 e. The van der Waals surface area contributed by atoms with Crippen LogP contribution in [0.5, 0.6) is 0 Å². The molecule has 96 valence electrons. The predicted octanol–water partition coefficient (Wildman–Crippen LogP) is 2.26. The van der Waals surface area contributed by atoms with Crippen molar-refractivity contribution in [3.63, 3.8) is 0 Å². The lowest BCUT2D eigenvalue weighted by Gasteiger charge is -2.19. The van der Waals surface area contributed by atoms with Gasteiger partial charge in [0.15, 0.2) is 0 Å². The van der Waals surface area contributed by atoms with Crippen LogP contribution in [0.2, 0.25) is 0 Å². The maximum absolute atomic E-state index is 11.7. The largest absolute Gasteiger partial charge is 0.460 e. The van der Waals surface area contributed by atoms with Crippen LogP contribution in [0, 0.1) is 0 Å². The fourth-order valence-corrected chi connectivity index (χ4v) is 0.938. The summed E-state index contributed by atoms with van der Waals surface area (Å²) < 4.78 is 40.2. The van der Waals surface area contributed by atoms with Crippen LogP contribution in [0.3, 0.4) is 0 Å². The van der Waals surface area contributed by atoms with Crippen molar-refractivity contribution in [2.24, 2.45) is 0 Å².